The van der Waals surface area contributed by atoms with Gasteiger partial charge in [-0.3, -0.25) is 14.5 Å². The number of nitrogens with zero attached hydrogens (tertiary/aromatic N) is 1. The average molecular weight is 446 g/mol. The number of amides is 1. The predicted octanol–water partition coefficient (Wildman–Crippen LogP) is 3.96. The predicted molar refractivity (Wildman–Crippen MR) is 119 cm³/mol. The van der Waals surface area contributed by atoms with Gasteiger partial charge < -0.3 is 19.3 Å². The van der Waals surface area contributed by atoms with Crippen LogP contribution in [0.5, 0.6) is 17.2 Å². The highest BCUT2D eigenvalue weighted by atomic mass is 32.2. The van der Waals surface area contributed by atoms with E-state index in [2.05, 4.69) is 0 Å². The van der Waals surface area contributed by atoms with E-state index in [1.54, 1.807) is 55.7 Å². The summed E-state index contributed by atoms with van der Waals surface area (Å²) in [7, 11) is 3.05. The van der Waals surface area contributed by atoms with E-state index in [0.717, 1.165) is 5.56 Å². The molecule has 1 aliphatic heterocycles. The summed E-state index contributed by atoms with van der Waals surface area (Å²) >= 11 is 6.61. The monoisotopic (exact) mass is 445 g/mol. The zero-order chi connectivity index (χ0) is 21.7. The normalized spacial score (nSPS) is 14.9. The Morgan fingerprint density at radius 1 is 1.17 bits per heavy atom. The van der Waals surface area contributed by atoms with Gasteiger partial charge in [0.25, 0.3) is 5.91 Å². The van der Waals surface area contributed by atoms with Crippen LogP contribution in [0, 0.1) is 0 Å². The van der Waals surface area contributed by atoms with Crippen molar-refractivity contribution in [2.45, 2.75) is 6.42 Å². The lowest BCUT2D eigenvalue weighted by Gasteiger charge is -2.15. The fourth-order valence-corrected chi connectivity index (χ4v) is 4.03. The second kappa shape index (κ2) is 9.64. The first-order chi connectivity index (χ1) is 14.4. The van der Waals surface area contributed by atoms with Crippen LogP contribution in [0.3, 0.4) is 0 Å². The van der Waals surface area contributed by atoms with Crippen molar-refractivity contribution in [1.82, 2.24) is 0 Å². The van der Waals surface area contributed by atoms with Crippen LogP contribution in [0.4, 0.5) is 5.69 Å². The van der Waals surface area contributed by atoms with Crippen LogP contribution >= 0.6 is 24.0 Å². The fourth-order valence-electron chi connectivity index (χ4n) is 2.73. The Morgan fingerprint density at radius 2 is 1.97 bits per heavy atom. The van der Waals surface area contributed by atoms with Gasteiger partial charge in [-0.05, 0) is 35.9 Å². The molecule has 2 aromatic carbocycles. The molecular formula is C21H19NO6S2. The van der Waals surface area contributed by atoms with Crippen molar-refractivity contribution < 1.29 is 28.9 Å². The Balaban J connectivity index is 1.81. The number of thiocarbonyl (C=S) groups is 1. The lowest BCUT2D eigenvalue weighted by molar-refractivity contribution is -0.137. The fraction of sp³-hybridized carbons (Fsp3) is 0.190. The van der Waals surface area contributed by atoms with E-state index in [0.29, 0.717) is 32.2 Å². The zero-order valence-electron chi connectivity index (χ0n) is 16.3. The highest BCUT2D eigenvalue weighted by Gasteiger charge is 2.33. The average Bonchev–Trinajstić information content (AvgIpc) is 3.01. The molecule has 0 bridgehead atoms. The molecule has 0 aliphatic carbocycles. The number of benzene rings is 2. The van der Waals surface area contributed by atoms with Crippen molar-refractivity contribution in [3.8, 4) is 17.2 Å². The summed E-state index contributed by atoms with van der Waals surface area (Å²) in [5.74, 6) is 0.341. The Kier molecular flexibility index (Phi) is 6.96. The second-order valence-corrected chi connectivity index (χ2v) is 7.80. The first-order valence-electron chi connectivity index (χ1n) is 8.87. The molecular weight excluding hydrogens is 426 g/mol. The highest BCUT2D eigenvalue weighted by Crippen LogP contribution is 2.38. The maximum Gasteiger partial charge on any atom is 0.306 e. The molecule has 0 saturated carbocycles. The molecule has 9 heteroatoms. The van der Waals surface area contributed by atoms with Crippen molar-refractivity contribution >= 4 is 51.9 Å². The van der Waals surface area contributed by atoms with E-state index in [-0.39, 0.29) is 18.9 Å². The summed E-state index contributed by atoms with van der Waals surface area (Å²) in [5, 5.41) is 8.73. The number of hydrogen-bond donors (Lipinski definition) is 1. The maximum atomic E-state index is 12.9. The van der Waals surface area contributed by atoms with Crippen molar-refractivity contribution in [3.05, 3.63) is 52.9 Å². The number of carbonyl (C=O) groups excluding carboxylic acids is 1. The van der Waals surface area contributed by atoms with Crippen LogP contribution in [-0.2, 0) is 9.59 Å². The third kappa shape index (κ3) is 4.92. The van der Waals surface area contributed by atoms with E-state index in [4.69, 9.17) is 31.5 Å². The molecule has 0 atom stereocenters. The quantitative estimate of drug-likeness (QED) is 0.483. The first kappa shape index (κ1) is 21.7. The molecule has 0 unspecified atom stereocenters. The molecule has 3 rings (SSSR count). The molecule has 1 heterocycles. The molecule has 0 spiro atoms. The van der Waals surface area contributed by atoms with Gasteiger partial charge in [0.15, 0.2) is 15.8 Å². The van der Waals surface area contributed by atoms with Crippen LogP contribution in [-0.4, -0.2) is 42.1 Å². The third-order valence-corrected chi connectivity index (χ3v) is 5.47. The van der Waals surface area contributed by atoms with Gasteiger partial charge in [0.2, 0.25) is 0 Å². The molecule has 1 saturated heterocycles. The van der Waals surface area contributed by atoms with E-state index >= 15 is 0 Å². The van der Waals surface area contributed by atoms with E-state index in [9.17, 15) is 9.59 Å². The van der Waals surface area contributed by atoms with Crippen LogP contribution in [0.15, 0.2) is 47.4 Å². The van der Waals surface area contributed by atoms with Crippen LogP contribution in [0.25, 0.3) is 6.08 Å². The standard InChI is InChI=1S/C21H19NO6S2/c1-26-15-5-3-4-14(12-15)22-20(25)18(30-21(22)29)11-13-6-7-16(17(10-13)27-2)28-9-8-19(23)24/h3-7,10-12H,8-9H2,1-2H3,(H,23,24)/b18-11+. The van der Waals surface area contributed by atoms with Gasteiger partial charge in [0, 0.05) is 6.07 Å². The van der Waals surface area contributed by atoms with E-state index < -0.39 is 5.97 Å². The van der Waals surface area contributed by atoms with Crippen molar-refractivity contribution in [3.63, 3.8) is 0 Å². The highest BCUT2D eigenvalue weighted by molar-refractivity contribution is 8.27. The molecule has 1 N–H and O–H groups in total. The number of ether oxygens (including phenoxy) is 3. The Hall–Kier alpha value is -3.04. The number of anilines is 1. The molecule has 156 valence electrons. The topological polar surface area (TPSA) is 85.3 Å². The molecule has 1 fully saturated rings. The molecule has 30 heavy (non-hydrogen) atoms. The summed E-state index contributed by atoms with van der Waals surface area (Å²) in [6.07, 6.45) is 1.61. The molecule has 2 aromatic rings. The van der Waals surface area contributed by atoms with Crippen molar-refractivity contribution in [1.29, 1.82) is 0 Å². The SMILES string of the molecule is COc1cccc(N2C(=O)/C(=C\c3ccc(OCCC(=O)O)c(OC)c3)SC2=S)c1. The molecule has 1 amide bonds. The van der Waals surface area contributed by atoms with Crippen molar-refractivity contribution in [2.75, 3.05) is 25.7 Å². The van der Waals surface area contributed by atoms with Crippen LogP contribution in [0.2, 0.25) is 0 Å². The van der Waals surface area contributed by atoms with Gasteiger partial charge in [-0.15, -0.1) is 0 Å². The Morgan fingerprint density at radius 3 is 2.67 bits per heavy atom. The number of rotatable bonds is 8. The summed E-state index contributed by atoms with van der Waals surface area (Å²) < 4.78 is 16.4. The number of hydrogen-bond acceptors (Lipinski definition) is 7. The van der Waals surface area contributed by atoms with Crippen molar-refractivity contribution in [2.24, 2.45) is 0 Å². The zero-order valence-corrected chi connectivity index (χ0v) is 17.9. The number of carboxylic acid groups (broad SMARTS) is 1. The largest absolute Gasteiger partial charge is 0.497 e. The lowest BCUT2D eigenvalue weighted by Crippen LogP contribution is -2.27. The van der Waals surface area contributed by atoms with E-state index in [1.807, 2.05) is 0 Å². The van der Waals surface area contributed by atoms with Gasteiger partial charge in [-0.2, -0.15) is 0 Å². The van der Waals surface area contributed by atoms with Gasteiger partial charge in [0.1, 0.15) is 5.75 Å². The summed E-state index contributed by atoms with van der Waals surface area (Å²) in [5.41, 5.74) is 1.36. The summed E-state index contributed by atoms with van der Waals surface area (Å²) in [4.78, 5) is 25.5. The number of carbonyl (C=O) groups is 2. The Labute approximate surface area is 183 Å². The minimum absolute atomic E-state index is 0.0320. The summed E-state index contributed by atoms with van der Waals surface area (Å²) in [6.45, 7) is 0.0320. The van der Waals surface area contributed by atoms with Gasteiger partial charge in [0.05, 0.1) is 37.8 Å². The first-order valence-corrected chi connectivity index (χ1v) is 10.1. The third-order valence-electron chi connectivity index (χ3n) is 4.16. The minimum atomic E-state index is -0.941. The molecule has 0 aromatic heterocycles. The number of aliphatic carboxylic acids is 1. The maximum absolute atomic E-state index is 12.9. The van der Waals surface area contributed by atoms with Gasteiger partial charge in [-0.25, -0.2) is 0 Å². The lowest BCUT2D eigenvalue weighted by atomic mass is 10.1. The second-order valence-electron chi connectivity index (χ2n) is 6.12. The summed E-state index contributed by atoms with van der Waals surface area (Å²) in [6, 6.07) is 12.3. The minimum Gasteiger partial charge on any atom is -0.497 e. The molecule has 1 aliphatic rings. The Bertz CT molecular complexity index is 1020. The number of carboxylic acids is 1. The van der Waals surface area contributed by atoms with Crippen LogP contribution < -0.4 is 19.1 Å². The smallest absolute Gasteiger partial charge is 0.306 e. The molecule has 0 radical (unpaired) electrons. The van der Waals surface area contributed by atoms with Crippen LogP contribution in [0.1, 0.15) is 12.0 Å². The van der Waals surface area contributed by atoms with E-state index in [1.165, 1.54) is 23.8 Å². The van der Waals surface area contributed by atoms with Gasteiger partial charge >= 0.3 is 5.97 Å². The number of methoxy groups -OCH3 is 2. The number of thioether (sulfide) groups is 1. The van der Waals surface area contributed by atoms with Gasteiger partial charge in [-0.1, -0.05) is 36.1 Å². The molecule has 7 nitrogen and oxygen atoms in total.